The van der Waals surface area contributed by atoms with Crippen molar-refractivity contribution in [3.8, 4) is 11.4 Å². The summed E-state index contributed by atoms with van der Waals surface area (Å²) in [5.41, 5.74) is 1.69. The molecule has 3 aromatic carbocycles. The molecule has 0 aliphatic heterocycles. The Balaban J connectivity index is 1.64. The van der Waals surface area contributed by atoms with Crippen LogP contribution < -0.4 is 15.6 Å². The molecule has 0 spiro atoms. The normalized spacial score (nSPS) is 10.8. The van der Waals surface area contributed by atoms with Crippen LogP contribution in [-0.4, -0.2) is 27.8 Å². The first-order valence-electron chi connectivity index (χ1n) is 9.98. The van der Waals surface area contributed by atoms with E-state index in [0.29, 0.717) is 39.1 Å². The maximum atomic E-state index is 13.3. The van der Waals surface area contributed by atoms with Gasteiger partial charge in [-0.3, -0.25) is 14.2 Å². The zero-order chi connectivity index (χ0) is 22.5. The lowest BCUT2D eigenvalue weighted by Crippen LogP contribution is -2.23. The van der Waals surface area contributed by atoms with E-state index < -0.39 is 0 Å². The number of amides is 1. The van der Waals surface area contributed by atoms with E-state index >= 15 is 0 Å². The number of fused-ring (bicyclic) bond motifs is 1. The van der Waals surface area contributed by atoms with Gasteiger partial charge in [0.1, 0.15) is 5.75 Å². The van der Waals surface area contributed by atoms with Crippen LogP contribution in [0, 0.1) is 0 Å². The Bertz CT molecular complexity index is 1310. The third-order valence-electron chi connectivity index (χ3n) is 4.61. The second-order valence-electron chi connectivity index (χ2n) is 6.82. The van der Waals surface area contributed by atoms with Crippen LogP contribution in [0.4, 0.5) is 5.69 Å². The van der Waals surface area contributed by atoms with Crippen LogP contribution in [0.1, 0.15) is 6.92 Å². The SMILES string of the molecule is CCOc1ccc(-n2c(SCC(=O)Nc3ccc(Cl)cc3)nc3ccccc3c2=O)cc1. The number of hydrogen-bond acceptors (Lipinski definition) is 5. The summed E-state index contributed by atoms with van der Waals surface area (Å²) >= 11 is 7.09. The Morgan fingerprint density at radius 3 is 2.50 bits per heavy atom. The maximum absolute atomic E-state index is 13.3. The van der Waals surface area contributed by atoms with Gasteiger partial charge in [-0.15, -0.1) is 0 Å². The number of hydrogen-bond donors (Lipinski definition) is 1. The van der Waals surface area contributed by atoms with Crippen molar-refractivity contribution in [1.82, 2.24) is 9.55 Å². The van der Waals surface area contributed by atoms with Crippen LogP contribution >= 0.6 is 23.4 Å². The molecule has 6 nitrogen and oxygen atoms in total. The molecular weight excluding hydrogens is 446 g/mol. The van der Waals surface area contributed by atoms with Gasteiger partial charge < -0.3 is 10.1 Å². The van der Waals surface area contributed by atoms with Gasteiger partial charge in [0, 0.05) is 10.7 Å². The van der Waals surface area contributed by atoms with Gasteiger partial charge in [-0.05, 0) is 67.6 Å². The molecule has 8 heteroatoms. The number of carbonyl (C=O) groups excluding carboxylic acids is 1. The Labute approximate surface area is 194 Å². The Morgan fingerprint density at radius 2 is 1.78 bits per heavy atom. The standard InChI is InChI=1S/C24H20ClN3O3S/c1-2-31-19-13-11-18(12-14-19)28-23(30)20-5-3-4-6-21(20)27-24(28)32-15-22(29)26-17-9-7-16(25)8-10-17/h3-14H,2,15H2,1H3,(H,26,29). The highest BCUT2D eigenvalue weighted by Crippen LogP contribution is 2.23. The average Bonchev–Trinajstić information content (AvgIpc) is 2.80. The molecule has 0 fully saturated rings. The smallest absolute Gasteiger partial charge is 0.266 e. The van der Waals surface area contributed by atoms with Crippen LogP contribution in [0.3, 0.4) is 0 Å². The van der Waals surface area contributed by atoms with E-state index in [9.17, 15) is 9.59 Å². The first-order chi connectivity index (χ1) is 15.5. The van der Waals surface area contributed by atoms with Crippen LogP contribution in [0.25, 0.3) is 16.6 Å². The summed E-state index contributed by atoms with van der Waals surface area (Å²) in [6.07, 6.45) is 0. The summed E-state index contributed by atoms with van der Waals surface area (Å²) in [7, 11) is 0. The minimum absolute atomic E-state index is 0.0877. The molecule has 1 amide bonds. The topological polar surface area (TPSA) is 73.2 Å². The quantitative estimate of drug-likeness (QED) is 0.301. The highest BCUT2D eigenvalue weighted by Gasteiger charge is 2.15. The monoisotopic (exact) mass is 465 g/mol. The fraction of sp³-hybridized carbons (Fsp3) is 0.125. The molecule has 162 valence electrons. The highest BCUT2D eigenvalue weighted by atomic mass is 35.5. The fourth-order valence-electron chi connectivity index (χ4n) is 3.16. The molecule has 0 saturated carbocycles. The van der Waals surface area contributed by atoms with Crippen molar-refractivity contribution in [3.63, 3.8) is 0 Å². The number of ether oxygens (including phenoxy) is 1. The summed E-state index contributed by atoms with van der Waals surface area (Å²) < 4.78 is 7.03. The lowest BCUT2D eigenvalue weighted by molar-refractivity contribution is -0.113. The third-order valence-corrected chi connectivity index (χ3v) is 5.80. The van der Waals surface area contributed by atoms with Crippen molar-refractivity contribution in [2.45, 2.75) is 12.1 Å². The Kier molecular flexibility index (Phi) is 6.78. The van der Waals surface area contributed by atoms with Gasteiger partial charge in [0.25, 0.3) is 5.56 Å². The molecule has 4 rings (SSSR count). The van der Waals surface area contributed by atoms with Crippen molar-refractivity contribution in [3.05, 3.63) is 88.2 Å². The molecule has 4 aromatic rings. The largest absolute Gasteiger partial charge is 0.494 e. The average molecular weight is 466 g/mol. The van der Waals surface area contributed by atoms with Crippen LogP contribution in [0.15, 0.2) is 82.7 Å². The molecule has 1 N–H and O–H groups in total. The number of benzene rings is 3. The van der Waals surface area contributed by atoms with Crippen molar-refractivity contribution in [2.75, 3.05) is 17.7 Å². The zero-order valence-electron chi connectivity index (χ0n) is 17.2. The summed E-state index contributed by atoms with van der Waals surface area (Å²) in [6.45, 7) is 2.47. The fourth-order valence-corrected chi connectivity index (χ4v) is 4.09. The van der Waals surface area contributed by atoms with E-state index in [1.165, 1.54) is 16.3 Å². The minimum Gasteiger partial charge on any atom is -0.494 e. The molecule has 1 heterocycles. The molecule has 0 aliphatic rings. The van der Waals surface area contributed by atoms with Gasteiger partial charge in [-0.25, -0.2) is 4.98 Å². The molecule has 32 heavy (non-hydrogen) atoms. The molecule has 1 aromatic heterocycles. The van der Waals surface area contributed by atoms with E-state index in [1.807, 2.05) is 25.1 Å². The summed E-state index contributed by atoms with van der Waals surface area (Å²) in [4.78, 5) is 30.4. The Morgan fingerprint density at radius 1 is 1.06 bits per heavy atom. The lowest BCUT2D eigenvalue weighted by Gasteiger charge is -2.14. The molecule has 0 unspecified atom stereocenters. The second-order valence-corrected chi connectivity index (χ2v) is 8.20. The molecule has 0 radical (unpaired) electrons. The van der Waals surface area contributed by atoms with E-state index in [-0.39, 0.29) is 17.2 Å². The molecule has 0 aliphatic carbocycles. The number of rotatable bonds is 7. The first kappa shape index (κ1) is 21.9. The van der Waals surface area contributed by atoms with Crippen molar-refractivity contribution in [2.24, 2.45) is 0 Å². The predicted molar refractivity (Wildman–Crippen MR) is 129 cm³/mol. The number of thioether (sulfide) groups is 1. The number of halogens is 1. The number of nitrogens with zero attached hydrogens (tertiary/aromatic N) is 2. The summed E-state index contributed by atoms with van der Waals surface area (Å²) in [5, 5.41) is 4.36. The van der Waals surface area contributed by atoms with Crippen LogP contribution in [-0.2, 0) is 4.79 Å². The Hall–Kier alpha value is -3.29. The van der Waals surface area contributed by atoms with Crippen LogP contribution in [0.5, 0.6) is 5.75 Å². The summed E-state index contributed by atoms with van der Waals surface area (Å²) in [5.74, 6) is 0.595. The first-order valence-corrected chi connectivity index (χ1v) is 11.3. The van der Waals surface area contributed by atoms with Gasteiger partial charge in [-0.2, -0.15) is 0 Å². The predicted octanol–water partition coefficient (Wildman–Crippen LogP) is 5.17. The third kappa shape index (κ3) is 4.95. The van der Waals surface area contributed by atoms with Crippen molar-refractivity contribution >= 4 is 45.9 Å². The second kappa shape index (κ2) is 9.89. The number of para-hydroxylation sites is 1. The van der Waals surface area contributed by atoms with E-state index in [2.05, 4.69) is 10.3 Å². The number of carbonyl (C=O) groups is 1. The maximum Gasteiger partial charge on any atom is 0.266 e. The zero-order valence-corrected chi connectivity index (χ0v) is 18.8. The minimum atomic E-state index is -0.210. The molecular formula is C24H20ClN3O3S. The summed E-state index contributed by atoms with van der Waals surface area (Å²) in [6, 6.07) is 21.3. The molecule has 0 bridgehead atoms. The van der Waals surface area contributed by atoms with E-state index in [1.54, 1.807) is 54.6 Å². The van der Waals surface area contributed by atoms with Gasteiger partial charge in [0.05, 0.1) is 29.0 Å². The lowest BCUT2D eigenvalue weighted by atomic mass is 10.2. The number of anilines is 1. The highest BCUT2D eigenvalue weighted by molar-refractivity contribution is 7.99. The molecule has 0 atom stereocenters. The van der Waals surface area contributed by atoms with Crippen LogP contribution in [0.2, 0.25) is 5.02 Å². The van der Waals surface area contributed by atoms with E-state index in [4.69, 9.17) is 16.3 Å². The van der Waals surface area contributed by atoms with Gasteiger partial charge >= 0.3 is 0 Å². The van der Waals surface area contributed by atoms with Gasteiger partial charge in [0.2, 0.25) is 5.91 Å². The van der Waals surface area contributed by atoms with Crippen molar-refractivity contribution in [1.29, 1.82) is 0 Å². The van der Waals surface area contributed by atoms with Gasteiger partial charge in [-0.1, -0.05) is 35.5 Å². The molecule has 0 saturated heterocycles. The number of aromatic nitrogens is 2. The van der Waals surface area contributed by atoms with E-state index in [0.717, 1.165) is 5.75 Å². The van der Waals surface area contributed by atoms with Gasteiger partial charge in [0.15, 0.2) is 5.16 Å². The van der Waals surface area contributed by atoms with Crippen molar-refractivity contribution < 1.29 is 9.53 Å². The number of nitrogens with one attached hydrogen (secondary N) is 1.